The van der Waals surface area contributed by atoms with Gasteiger partial charge in [0.15, 0.2) is 6.10 Å². The zero-order chi connectivity index (χ0) is 12.0. The Labute approximate surface area is 94.8 Å². The number of carboxylic acid groups (broad SMARTS) is 1. The number of rotatable bonds is 6. The highest BCUT2D eigenvalue weighted by Gasteiger charge is 2.18. The van der Waals surface area contributed by atoms with E-state index in [4.69, 9.17) is 10.2 Å². The van der Waals surface area contributed by atoms with Crippen molar-refractivity contribution in [2.24, 2.45) is 5.92 Å². The highest BCUT2D eigenvalue weighted by Crippen LogP contribution is 2.27. The minimum atomic E-state index is -1.38. The molecular weight excluding hydrogens is 210 g/mol. The van der Waals surface area contributed by atoms with Crippen molar-refractivity contribution < 1.29 is 19.8 Å². The highest BCUT2D eigenvalue weighted by molar-refractivity contribution is 5.76. The van der Waals surface area contributed by atoms with Crippen molar-refractivity contribution in [2.45, 2.75) is 44.6 Å². The maximum absolute atomic E-state index is 11.4. The number of carbonyl (C=O) groups is 2. The first kappa shape index (κ1) is 13.0. The lowest BCUT2D eigenvalue weighted by Crippen LogP contribution is -2.30. The Kier molecular flexibility index (Phi) is 5.25. The van der Waals surface area contributed by atoms with Gasteiger partial charge in [0.2, 0.25) is 5.91 Å². The number of hydrogen-bond donors (Lipinski definition) is 3. The average molecular weight is 229 g/mol. The maximum atomic E-state index is 11.4. The molecule has 1 saturated carbocycles. The number of aliphatic hydroxyl groups excluding tert-OH is 1. The molecule has 0 heterocycles. The zero-order valence-corrected chi connectivity index (χ0v) is 9.32. The van der Waals surface area contributed by atoms with E-state index in [0.29, 0.717) is 12.3 Å². The fraction of sp³-hybridized carbons (Fsp3) is 0.818. The number of aliphatic carboxylic acids is 1. The highest BCUT2D eigenvalue weighted by atomic mass is 16.4. The minimum absolute atomic E-state index is 0.0375. The molecule has 0 aromatic heterocycles. The fourth-order valence-electron chi connectivity index (χ4n) is 2.02. The van der Waals surface area contributed by atoms with Crippen LogP contribution in [0.25, 0.3) is 0 Å². The maximum Gasteiger partial charge on any atom is 0.332 e. The van der Waals surface area contributed by atoms with Crippen LogP contribution in [0.1, 0.15) is 38.5 Å². The summed E-state index contributed by atoms with van der Waals surface area (Å²) in [5.74, 6) is -0.793. The van der Waals surface area contributed by atoms with Crippen LogP contribution in [0.5, 0.6) is 0 Å². The number of amides is 1. The Morgan fingerprint density at radius 2 is 1.94 bits per heavy atom. The summed E-state index contributed by atoms with van der Waals surface area (Å²) in [7, 11) is 0. The molecule has 1 atom stereocenters. The average Bonchev–Trinajstić information content (AvgIpc) is 2.70. The van der Waals surface area contributed by atoms with E-state index in [1.807, 2.05) is 0 Å². The van der Waals surface area contributed by atoms with Crippen LogP contribution < -0.4 is 5.32 Å². The predicted molar refractivity (Wildman–Crippen MR) is 57.8 cm³/mol. The van der Waals surface area contributed by atoms with E-state index < -0.39 is 12.1 Å². The van der Waals surface area contributed by atoms with E-state index in [1.54, 1.807) is 0 Å². The quantitative estimate of drug-likeness (QED) is 0.619. The number of carbonyl (C=O) groups excluding carboxylic acids is 1. The van der Waals surface area contributed by atoms with Crippen molar-refractivity contribution in [2.75, 3.05) is 6.54 Å². The molecule has 0 aromatic carbocycles. The minimum Gasteiger partial charge on any atom is -0.479 e. The van der Waals surface area contributed by atoms with Gasteiger partial charge in [-0.2, -0.15) is 0 Å². The third kappa shape index (κ3) is 4.61. The lowest BCUT2D eigenvalue weighted by molar-refractivity contribution is -0.147. The second-order valence-corrected chi connectivity index (χ2v) is 4.35. The van der Waals surface area contributed by atoms with Crippen molar-refractivity contribution in [1.82, 2.24) is 5.32 Å². The molecule has 3 N–H and O–H groups in total. The van der Waals surface area contributed by atoms with Gasteiger partial charge in [-0.25, -0.2) is 4.79 Å². The molecule has 1 aliphatic rings. The molecule has 1 rings (SSSR count). The Morgan fingerprint density at radius 3 is 2.50 bits per heavy atom. The number of carboxylic acids is 1. The molecular formula is C11H19NO4. The van der Waals surface area contributed by atoms with E-state index in [1.165, 1.54) is 12.8 Å². The summed E-state index contributed by atoms with van der Waals surface area (Å²) in [6.45, 7) is 0.221. The van der Waals surface area contributed by atoms with Crippen LogP contribution in [0, 0.1) is 5.92 Å². The van der Waals surface area contributed by atoms with Gasteiger partial charge >= 0.3 is 5.97 Å². The van der Waals surface area contributed by atoms with E-state index in [-0.39, 0.29) is 18.9 Å². The molecule has 1 fully saturated rings. The molecule has 5 nitrogen and oxygen atoms in total. The van der Waals surface area contributed by atoms with Crippen molar-refractivity contribution in [3.8, 4) is 0 Å². The molecule has 16 heavy (non-hydrogen) atoms. The summed E-state index contributed by atoms with van der Waals surface area (Å²) >= 11 is 0. The first-order valence-electron chi connectivity index (χ1n) is 5.77. The van der Waals surface area contributed by atoms with Gasteiger partial charge in [0.25, 0.3) is 0 Å². The van der Waals surface area contributed by atoms with Crippen LogP contribution in [0.3, 0.4) is 0 Å². The second-order valence-electron chi connectivity index (χ2n) is 4.35. The molecule has 1 unspecified atom stereocenters. The van der Waals surface area contributed by atoms with Gasteiger partial charge in [-0.15, -0.1) is 0 Å². The zero-order valence-electron chi connectivity index (χ0n) is 9.32. The van der Waals surface area contributed by atoms with Crippen molar-refractivity contribution in [3.63, 3.8) is 0 Å². The van der Waals surface area contributed by atoms with Gasteiger partial charge in [0, 0.05) is 19.4 Å². The molecule has 0 radical (unpaired) electrons. The first-order valence-corrected chi connectivity index (χ1v) is 5.77. The van der Waals surface area contributed by atoms with Gasteiger partial charge < -0.3 is 15.5 Å². The van der Waals surface area contributed by atoms with E-state index in [2.05, 4.69) is 5.32 Å². The summed E-state index contributed by atoms with van der Waals surface area (Å²) in [5, 5.41) is 20.0. The normalized spacial score (nSPS) is 18.3. The molecule has 0 aliphatic heterocycles. The van der Waals surface area contributed by atoms with Crippen LogP contribution in [0.4, 0.5) is 0 Å². The molecule has 0 saturated heterocycles. The second kappa shape index (κ2) is 6.48. The molecule has 92 valence electrons. The lowest BCUT2D eigenvalue weighted by atomic mass is 10.0. The molecule has 0 aromatic rings. The SMILES string of the molecule is O=C(CC1CCCC1)NCCC(O)C(=O)O. The molecule has 5 heteroatoms. The van der Waals surface area contributed by atoms with E-state index in [0.717, 1.165) is 12.8 Å². The van der Waals surface area contributed by atoms with Gasteiger partial charge in [-0.05, 0) is 18.8 Å². The standard InChI is InChI=1S/C11H19NO4/c13-9(11(15)16)5-6-12-10(14)7-8-3-1-2-4-8/h8-9,13H,1-7H2,(H,12,14)(H,15,16). The number of nitrogens with one attached hydrogen (secondary N) is 1. The molecule has 0 spiro atoms. The van der Waals surface area contributed by atoms with Gasteiger partial charge in [-0.3, -0.25) is 4.79 Å². The van der Waals surface area contributed by atoms with Crippen LogP contribution in [0.2, 0.25) is 0 Å². The summed E-state index contributed by atoms with van der Waals surface area (Å²) in [6, 6.07) is 0. The molecule has 1 amide bonds. The van der Waals surface area contributed by atoms with Gasteiger partial charge in [0.1, 0.15) is 0 Å². The Bertz CT molecular complexity index is 248. The first-order chi connectivity index (χ1) is 7.59. The third-order valence-electron chi connectivity index (χ3n) is 2.97. The van der Waals surface area contributed by atoms with Crippen molar-refractivity contribution >= 4 is 11.9 Å². The van der Waals surface area contributed by atoms with Crippen molar-refractivity contribution in [1.29, 1.82) is 0 Å². The monoisotopic (exact) mass is 229 g/mol. The summed E-state index contributed by atoms with van der Waals surface area (Å²) in [6.07, 6.45) is 3.85. The fourth-order valence-corrected chi connectivity index (χ4v) is 2.02. The smallest absolute Gasteiger partial charge is 0.332 e. The van der Waals surface area contributed by atoms with Crippen LogP contribution >= 0.6 is 0 Å². The summed E-state index contributed by atoms with van der Waals surface area (Å²) < 4.78 is 0. The number of aliphatic hydroxyl groups is 1. The Balaban J connectivity index is 2.08. The number of hydrogen-bond acceptors (Lipinski definition) is 3. The third-order valence-corrected chi connectivity index (χ3v) is 2.97. The van der Waals surface area contributed by atoms with Crippen LogP contribution in [-0.2, 0) is 9.59 Å². The van der Waals surface area contributed by atoms with Gasteiger partial charge in [-0.1, -0.05) is 12.8 Å². The Morgan fingerprint density at radius 1 is 1.31 bits per heavy atom. The van der Waals surface area contributed by atoms with E-state index in [9.17, 15) is 9.59 Å². The topological polar surface area (TPSA) is 86.6 Å². The van der Waals surface area contributed by atoms with Crippen LogP contribution in [0.15, 0.2) is 0 Å². The lowest BCUT2D eigenvalue weighted by Gasteiger charge is -2.10. The van der Waals surface area contributed by atoms with E-state index >= 15 is 0 Å². The summed E-state index contributed by atoms with van der Waals surface area (Å²) in [5.41, 5.74) is 0. The van der Waals surface area contributed by atoms with Crippen molar-refractivity contribution in [3.05, 3.63) is 0 Å². The van der Waals surface area contributed by atoms with Crippen LogP contribution in [-0.4, -0.2) is 34.7 Å². The molecule has 1 aliphatic carbocycles. The summed E-state index contributed by atoms with van der Waals surface area (Å²) in [4.78, 5) is 21.7. The van der Waals surface area contributed by atoms with Gasteiger partial charge in [0.05, 0.1) is 0 Å². The predicted octanol–water partition coefficient (Wildman–Crippen LogP) is 0.518. The largest absolute Gasteiger partial charge is 0.479 e. The Hall–Kier alpha value is -1.10. The molecule has 0 bridgehead atoms.